The molecule has 2 heterocycles. The molecule has 0 saturated carbocycles. The van der Waals surface area contributed by atoms with Crippen LogP contribution in [0.1, 0.15) is 27.3 Å². The Bertz CT molecular complexity index is 1330. The molecule has 0 bridgehead atoms. The molecule has 35 heavy (non-hydrogen) atoms. The Balaban J connectivity index is 1.66. The van der Waals surface area contributed by atoms with E-state index in [1.807, 2.05) is 0 Å². The van der Waals surface area contributed by atoms with E-state index in [0.717, 1.165) is 36.4 Å². The molecule has 8 nitrogen and oxygen atoms in total. The van der Waals surface area contributed by atoms with Crippen LogP contribution in [0.5, 0.6) is 0 Å². The summed E-state index contributed by atoms with van der Waals surface area (Å²) < 4.78 is 54.1. The number of aromatic nitrogens is 2. The molecule has 3 N–H and O–H groups in total. The molecule has 0 aliphatic carbocycles. The lowest BCUT2D eigenvalue weighted by molar-refractivity contribution is -0.137. The molecule has 0 spiro atoms. The van der Waals surface area contributed by atoms with Gasteiger partial charge in [0.25, 0.3) is 11.8 Å². The Morgan fingerprint density at radius 1 is 1.11 bits per heavy atom. The van der Waals surface area contributed by atoms with Crippen LogP contribution in [0.15, 0.2) is 48.5 Å². The summed E-state index contributed by atoms with van der Waals surface area (Å²) in [5.41, 5.74) is -1.44. The molecule has 1 saturated heterocycles. The fourth-order valence-corrected chi connectivity index (χ4v) is 4.00. The van der Waals surface area contributed by atoms with Crippen LogP contribution in [0.25, 0.3) is 11.1 Å². The number of hydrogen-bond donors (Lipinski definition) is 3. The summed E-state index contributed by atoms with van der Waals surface area (Å²) in [6.07, 6.45) is -4.55. The minimum absolute atomic E-state index is 0.0350. The van der Waals surface area contributed by atoms with E-state index in [-0.39, 0.29) is 23.2 Å². The first kappa shape index (κ1) is 23.9. The first-order valence-electron chi connectivity index (χ1n) is 10.3. The van der Waals surface area contributed by atoms with Gasteiger partial charge in [0, 0.05) is 12.6 Å². The van der Waals surface area contributed by atoms with Gasteiger partial charge in [0.05, 0.1) is 23.5 Å². The van der Waals surface area contributed by atoms with Gasteiger partial charge in [0.1, 0.15) is 5.82 Å². The molecule has 1 unspecified atom stereocenters. The highest BCUT2D eigenvalue weighted by atomic mass is 19.4. The number of nitrogens with one attached hydrogen (secondary N) is 3. The molecule has 2 aromatic carbocycles. The highest BCUT2D eigenvalue weighted by Crippen LogP contribution is 2.32. The first-order valence-corrected chi connectivity index (χ1v) is 10.3. The Kier molecular flexibility index (Phi) is 5.83. The highest BCUT2D eigenvalue weighted by Gasteiger charge is 2.50. The second-order valence-corrected chi connectivity index (χ2v) is 8.06. The van der Waals surface area contributed by atoms with Crippen molar-refractivity contribution in [2.24, 2.45) is 7.05 Å². The highest BCUT2D eigenvalue weighted by molar-refractivity contribution is 6.08. The fraction of sp³-hybridized carbons (Fsp3) is 0.217. The largest absolute Gasteiger partial charge is 0.416 e. The van der Waals surface area contributed by atoms with E-state index in [2.05, 4.69) is 21.0 Å². The van der Waals surface area contributed by atoms with Crippen molar-refractivity contribution >= 4 is 17.8 Å². The van der Waals surface area contributed by atoms with Gasteiger partial charge in [-0.25, -0.2) is 9.18 Å². The minimum atomic E-state index is -4.55. The molecule has 12 heteroatoms. The molecule has 4 amide bonds. The van der Waals surface area contributed by atoms with Crippen LogP contribution >= 0.6 is 0 Å². The van der Waals surface area contributed by atoms with Crippen molar-refractivity contribution in [1.82, 2.24) is 25.7 Å². The number of halogens is 4. The molecule has 1 aliphatic heterocycles. The monoisotopic (exact) mass is 489 g/mol. The summed E-state index contributed by atoms with van der Waals surface area (Å²) in [4.78, 5) is 37.8. The van der Waals surface area contributed by atoms with Gasteiger partial charge < -0.3 is 10.6 Å². The van der Waals surface area contributed by atoms with Crippen LogP contribution in [-0.4, -0.2) is 34.2 Å². The average Bonchev–Trinajstić information content (AvgIpc) is 3.28. The van der Waals surface area contributed by atoms with Gasteiger partial charge in [-0.3, -0.25) is 19.6 Å². The predicted molar refractivity (Wildman–Crippen MR) is 115 cm³/mol. The summed E-state index contributed by atoms with van der Waals surface area (Å²) in [5.74, 6) is -2.12. The SMILES string of the molecule is Cc1cc(C2(CNC(=O)c3ccc(F)cc3-c3ccc(C(F)(F)F)cc3)NC(=O)NC2=O)n(C)n1. The molecule has 1 aliphatic rings. The normalized spacial score (nSPS) is 17.8. The predicted octanol–water partition coefficient (Wildman–Crippen LogP) is 3.02. The molecule has 182 valence electrons. The van der Waals surface area contributed by atoms with Gasteiger partial charge in [-0.05, 0) is 54.4 Å². The van der Waals surface area contributed by atoms with Crippen LogP contribution in [0.3, 0.4) is 0 Å². The first-order chi connectivity index (χ1) is 16.4. The van der Waals surface area contributed by atoms with E-state index in [9.17, 15) is 31.9 Å². The maximum Gasteiger partial charge on any atom is 0.416 e. The van der Waals surface area contributed by atoms with Gasteiger partial charge in [-0.1, -0.05) is 12.1 Å². The van der Waals surface area contributed by atoms with Crippen molar-refractivity contribution in [3.63, 3.8) is 0 Å². The summed E-state index contributed by atoms with van der Waals surface area (Å²) >= 11 is 0. The number of hydrogen-bond acceptors (Lipinski definition) is 4. The molecule has 1 fully saturated rings. The summed E-state index contributed by atoms with van der Waals surface area (Å²) in [6.45, 7) is 1.32. The van der Waals surface area contributed by atoms with Gasteiger partial charge in [0.15, 0.2) is 5.54 Å². The standard InChI is InChI=1S/C23H19F4N5O3/c1-12-9-18(32(2)31-12)22(20(34)29-21(35)30-22)11-28-19(33)16-8-7-15(24)10-17(16)13-3-5-14(6-4-13)23(25,26)27/h3-10H,11H2,1-2H3,(H,28,33)(H2,29,30,34,35). The van der Waals surface area contributed by atoms with Crippen LogP contribution in [0, 0.1) is 12.7 Å². The van der Waals surface area contributed by atoms with Crippen LogP contribution < -0.4 is 16.0 Å². The minimum Gasteiger partial charge on any atom is -0.349 e. The Hall–Kier alpha value is -4.22. The average molecular weight is 489 g/mol. The van der Waals surface area contributed by atoms with Gasteiger partial charge >= 0.3 is 12.2 Å². The molecular weight excluding hydrogens is 470 g/mol. The van der Waals surface area contributed by atoms with E-state index in [1.54, 1.807) is 20.0 Å². The molecule has 4 rings (SSSR count). The topological polar surface area (TPSA) is 105 Å². The number of alkyl halides is 3. The van der Waals surface area contributed by atoms with Crippen molar-refractivity contribution in [3.05, 3.63) is 76.9 Å². The Morgan fingerprint density at radius 2 is 1.80 bits per heavy atom. The molecule has 3 aromatic rings. The summed E-state index contributed by atoms with van der Waals surface area (Å²) in [5, 5.41) is 11.4. The third kappa shape index (κ3) is 4.46. The molecule has 1 atom stereocenters. The lowest BCUT2D eigenvalue weighted by Gasteiger charge is -2.26. The maximum absolute atomic E-state index is 14.0. The number of rotatable bonds is 5. The summed E-state index contributed by atoms with van der Waals surface area (Å²) in [7, 11) is 1.58. The second kappa shape index (κ2) is 8.53. The van der Waals surface area contributed by atoms with Crippen LogP contribution in [0.2, 0.25) is 0 Å². The zero-order valence-corrected chi connectivity index (χ0v) is 18.5. The summed E-state index contributed by atoms with van der Waals surface area (Å²) in [6, 6.07) is 8.02. The number of aryl methyl sites for hydroxylation is 2. The number of benzene rings is 2. The Morgan fingerprint density at radius 3 is 2.34 bits per heavy atom. The second-order valence-electron chi connectivity index (χ2n) is 8.06. The fourth-order valence-electron chi connectivity index (χ4n) is 4.00. The smallest absolute Gasteiger partial charge is 0.349 e. The molecule has 0 radical (unpaired) electrons. The lowest BCUT2D eigenvalue weighted by Crippen LogP contribution is -2.53. The van der Waals surface area contributed by atoms with Gasteiger partial charge in [-0.15, -0.1) is 0 Å². The van der Waals surface area contributed by atoms with Gasteiger partial charge in [-0.2, -0.15) is 18.3 Å². The third-order valence-corrected chi connectivity index (χ3v) is 5.64. The van der Waals surface area contributed by atoms with Crippen LogP contribution in [0.4, 0.5) is 22.4 Å². The maximum atomic E-state index is 14.0. The van der Waals surface area contributed by atoms with E-state index in [1.165, 1.54) is 10.7 Å². The van der Waals surface area contributed by atoms with Crippen molar-refractivity contribution in [1.29, 1.82) is 0 Å². The van der Waals surface area contributed by atoms with Crippen LogP contribution in [-0.2, 0) is 23.6 Å². The van der Waals surface area contributed by atoms with Gasteiger partial charge in [0.2, 0.25) is 0 Å². The zero-order chi connectivity index (χ0) is 25.5. The molecular formula is C23H19F4N5O3. The van der Waals surface area contributed by atoms with E-state index < -0.39 is 40.9 Å². The Labute approximate surface area is 196 Å². The number of carbonyl (C=O) groups excluding carboxylic acids is 3. The van der Waals surface area contributed by atoms with E-state index in [4.69, 9.17) is 0 Å². The van der Waals surface area contributed by atoms with Crippen molar-refractivity contribution in [2.75, 3.05) is 6.54 Å². The number of imide groups is 1. The zero-order valence-electron chi connectivity index (χ0n) is 18.5. The van der Waals surface area contributed by atoms with Crippen molar-refractivity contribution in [3.8, 4) is 11.1 Å². The third-order valence-electron chi connectivity index (χ3n) is 5.64. The van der Waals surface area contributed by atoms with E-state index >= 15 is 0 Å². The number of carbonyl (C=O) groups is 3. The van der Waals surface area contributed by atoms with E-state index in [0.29, 0.717) is 11.4 Å². The number of amides is 4. The quantitative estimate of drug-likeness (QED) is 0.379. The number of urea groups is 1. The van der Waals surface area contributed by atoms with Crippen molar-refractivity contribution in [2.45, 2.75) is 18.6 Å². The lowest BCUT2D eigenvalue weighted by atomic mass is 9.93. The van der Waals surface area contributed by atoms with Crippen molar-refractivity contribution < 1.29 is 31.9 Å². The molecule has 1 aromatic heterocycles. The number of nitrogens with zero attached hydrogens (tertiary/aromatic N) is 2.